The second-order valence-corrected chi connectivity index (χ2v) is 8.09. The predicted molar refractivity (Wildman–Crippen MR) is 115 cm³/mol. The van der Waals surface area contributed by atoms with Crippen LogP contribution in [-0.2, 0) is 6.54 Å². The van der Waals surface area contributed by atoms with Gasteiger partial charge in [0.1, 0.15) is 5.82 Å². The van der Waals surface area contributed by atoms with Gasteiger partial charge in [-0.15, -0.1) is 0 Å². The molecule has 2 aliphatic rings. The number of anilines is 1. The van der Waals surface area contributed by atoms with Gasteiger partial charge in [-0.05, 0) is 43.7 Å². The van der Waals surface area contributed by atoms with Crippen molar-refractivity contribution in [3.8, 4) is 0 Å². The predicted octanol–water partition coefficient (Wildman–Crippen LogP) is 3.35. The summed E-state index contributed by atoms with van der Waals surface area (Å²) in [5, 5.41) is 0. The maximum atomic E-state index is 4.77. The smallest absolute Gasteiger partial charge is 0.121 e. The van der Waals surface area contributed by atoms with Gasteiger partial charge in [0.2, 0.25) is 0 Å². The number of benzene rings is 2. The van der Waals surface area contributed by atoms with E-state index in [-0.39, 0.29) is 0 Å². The Bertz CT molecular complexity index is 865. The minimum absolute atomic E-state index is 0.677. The summed E-state index contributed by atoms with van der Waals surface area (Å²) in [6.07, 6.45) is 2.60. The summed E-state index contributed by atoms with van der Waals surface area (Å²) < 4.78 is 0. The van der Waals surface area contributed by atoms with Gasteiger partial charge in [-0.3, -0.25) is 9.80 Å². The number of piperidine rings is 1. The topological polar surface area (TPSA) is 38.4 Å². The molecule has 5 rings (SSSR count). The lowest BCUT2D eigenvalue weighted by Gasteiger charge is -2.43. The van der Waals surface area contributed by atoms with E-state index >= 15 is 0 Å². The molecule has 28 heavy (non-hydrogen) atoms. The van der Waals surface area contributed by atoms with Gasteiger partial charge in [-0.2, -0.15) is 0 Å². The molecular weight excluding hydrogens is 346 g/mol. The number of hydrogen-bond acceptors (Lipinski definition) is 4. The van der Waals surface area contributed by atoms with E-state index in [1.807, 2.05) is 0 Å². The number of hydrogen-bond donors (Lipinski definition) is 1. The lowest BCUT2D eigenvalue weighted by atomic mass is 10.0. The third-order valence-electron chi connectivity index (χ3n) is 6.24. The Balaban J connectivity index is 1.18. The SMILES string of the molecule is c1ccc(N2CCN([C@@H]3CCCN(Cc4nc5ccccc5[nH]4)C3)CC2)cc1. The molecule has 0 amide bonds. The molecular formula is C23H29N5. The first-order valence-electron chi connectivity index (χ1n) is 10.6. The molecule has 2 fully saturated rings. The number of imidazole rings is 1. The van der Waals surface area contributed by atoms with Crippen LogP contribution in [0.3, 0.4) is 0 Å². The molecule has 3 aromatic rings. The highest BCUT2D eigenvalue weighted by atomic mass is 15.3. The Morgan fingerprint density at radius 3 is 2.50 bits per heavy atom. The molecule has 0 radical (unpaired) electrons. The van der Waals surface area contributed by atoms with Crippen LogP contribution in [0.4, 0.5) is 5.69 Å². The zero-order valence-corrected chi connectivity index (χ0v) is 16.4. The maximum absolute atomic E-state index is 4.77. The number of aromatic amines is 1. The van der Waals surface area contributed by atoms with Crippen molar-refractivity contribution in [3.05, 3.63) is 60.4 Å². The van der Waals surface area contributed by atoms with Crippen LogP contribution in [-0.4, -0.2) is 65.1 Å². The molecule has 1 atom stereocenters. The highest BCUT2D eigenvalue weighted by molar-refractivity contribution is 5.74. The number of nitrogens with zero attached hydrogens (tertiary/aromatic N) is 4. The van der Waals surface area contributed by atoms with E-state index in [0.717, 1.165) is 56.1 Å². The third kappa shape index (κ3) is 3.77. The first kappa shape index (κ1) is 17.7. The van der Waals surface area contributed by atoms with Gasteiger partial charge < -0.3 is 9.88 Å². The third-order valence-corrected chi connectivity index (χ3v) is 6.24. The zero-order valence-electron chi connectivity index (χ0n) is 16.4. The van der Waals surface area contributed by atoms with Crippen molar-refractivity contribution in [2.45, 2.75) is 25.4 Å². The molecule has 0 spiro atoms. The van der Waals surface area contributed by atoms with Crippen molar-refractivity contribution < 1.29 is 0 Å². The summed E-state index contributed by atoms with van der Waals surface area (Å²) in [6.45, 7) is 7.85. The van der Waals surface area contributed by atoms with Crippen molar-refractivity contribution >= 4 is 16.7 Å². The van der Waals surface area contributed by atoms with Gasteiger partial charge in [0.15, 0.2) is 0 Å². The minimum atomic E-state index is 0.677. The molecule has 2 aliphatic heterocycles. The average molecular weight is 376 g/mol. The van der Waals surface area contributed by atoms with Crippen LogP contribution in [0.1, 0.15) is 18.7 Å². The van der Waals surface area contributed by atoms with Crippen LogP contribution in [0, 0.1) is 0 Å². The van der Waals surface area contributed by atoms with E-state index in [9.17, 15) is 0 Å². The van der Waals surface area contributed by atoms with Gasteiger partial charge >= 0.3 is 0 Å². The van der Waals surface area contributed by atoms with E-state index < -0.39 is 0 Å². The molecule has 0 saturated carbocycles. The fourth-order valence-corrected chi connectivity index (χ4v) is 4.75. The fourth-order valence-electron chi connectivity index (χ4n) is 4.75. The number of nitrogens with one attached hydrogen (secondary N) is 1. The van der Waals surface area contributed by atoms with E-state index in [1.165, 1.54) is 25.1 Å². The second-order valence-electron chi connectivity index (χ2n) is 8.09. The molecule has 3 heterocycles. The Morgan fingerprint density at radius 2 is 1.68 bits per heavy atom. The number of H-pyrrole nitrogens is 1. The number of piperazine rings is 1. The molecule has 0 aliphatic carbocycles. The number of fused-ring (bicyclic) bond motifs is 1. The van der Waals surface area contributed by atoms with Crippen LogP contribution in [0.15, 0.2) is 54.6 Å². The lowest BCUT2D eigenvalue weighted by Crippen LogP contribution is -2.55. The number of likely N-dealkylation sites (tertiary alicyclic amines) is 1. The quantitative estimate of drug-likeness (QED) is 0.759. The Hall–Kier alpha value is -2.37. The van der Waals surface area contributed by atoms with Crippen molar-refractivity contribution in [1.29, 1.82) is 0 Å². The summed E-state index contributed by atoms with van der Waals surface area (Å²) >= 11 is 0. The van der Waals surface area contributed by atoms with Gasteiger partial charge in [0.25, 0.3) is 0 Å². The summed E-state index contributed by atoms with van der Waals surface area (Å²) in [5.74, 6) is 1.09. The van der Waals surface area contributed by atoms with Crippen molar-refractivity contribution in [2.75, 3.05) is 44.2 Å². The first-order valence-corrected chi connectivity index (χ1v) is 10.6. The van der Waals surface area contributed by atoms with Gasteiger partial charge in [-0.25, -0.2) is 4.98 Å². The molecule has 1 N–H and O–H groups in total. The Kier molecular flexibility index (Phi) is 5.02. The number of rotatable bonds is 4. The van der Waals surface area contributed by atoms with Crippen molar-refractivity contribution in [1.82, 2.24) is 19.8 Å². The molecule has 0 bridgehead atoms. The zero-order chi connectivity index (χ0) is 18.8. The highest BCUT2D eigenvalue weighted by Crippen LogP contribution is 2.22. The van der Waals surface area contributed by atoms with Gasteiger partial charge in [-0.1, -0.05) is 30.3 Å². The molecule has 2 saturated heterocycles. The Morgan fingerprint density at radius 1 is 0.893 bits per heavy atom. The van der Waals surface area contributed by atoms with Crippen LogP contribution in [0.5, 0.6) is 0 Å². The normalized spacial score (nSPS) is 22.0. The molecule has 5 nitrogen and oxygen atoms in total. The Labute approximate surface area is 167 Å². The standard InChI is InChI=1S/C23H29N5/c1-2-7-19(8-3-1)27-13-15-28(16-14-27)20-9-6-12-26(17-20)18-23-24-21-10-4-5-11-22(21)25-23/h1-5,7-8,10-11,20H,6,9,12-18H2,(H,24,25)/t20-/m1/s1. The van der Waals surface area contributed by atoms with Crippen LogP contribution >= 0.6 is 0 Å². The fraction of sp³-hybridized carbons (Fsp3) is 0.435. The van der Waals surface area contributed by atoms with E-state index in [4.69, 9.17) is 4.98 Å². The minimum Gasteiger partial charge on any atom is -0.369 e. The van der Waals surface area contributed by atoms with Crippen LogP contribution in [0.25, 0.3) is 11.0 Å². The number of para-hydroxylation sites is 3. The summed E-state index contributed by atoms with van der Waals surface area (Å²) in [5.41, 5.74) is 3.57. The molecule has 5 heteroatoms. The number of aromatic nitrogens is 2. The largest absolute Gasteiger partial charge is 0.369 e. The highest BCUT2D eigenvalue weighted by Gasteiger charge is 2.28. The summed E-state index contributed by atoms with van der Waals surface area (Å²) in [4.78, 5) is 16.1. The monoisotopic (exact) mass is 375 g/mol. The summed E-state index contributed by atoms with van der Waals surface area (Å²) in [6, 6.07) is 19.8. The first-order chi connectivity index (χ1) is 13.8. The lowest BCUT2D eigenvalue weighted by molar-refractivity contribution is 0.0875. The van der Waals surface area contributed by atoms with E-state index in [2.05, 4.69) is 74.3 Å². The van der Waals surface area contributed by atoms with E-state index in [1.54, 1.807) is 0 Å². The molecule has 146 valence electrons. The van der Waals surface area contributed by atoms with Crippen LogP contribution in [0.2, 0.25) is 0 Å². The van der Waals surface area contributed by atoms with Gasteiger partial charge in [0.05, 0.1) is 17.6 Å². The maximum Gasteiger partial charge on any atom is 0.121 e. The van der Waals surface area contributed by atoms with Gasteiger partial charge in [0, 0.05) is 44.5 Å². The average Bonchev–Trinajstić information content (AvgIpc) is 3.17. The van der Waals surface area contributed by atoms with E-state index in [0.29, 0.717) is 6.04 Å². The molecule has 2 aromatic carbocycles. The second kappa shape index (κ2) is 7.94. The van der Waals surface area contributed by atoms with Crippen molar-refractivity contribution in [2.24, 2.45) is 0 Å². The molecule has 0 unspecified atom stereocenters. The summed E-state index contributed by atoms with van der Waals surface area (Å²) in [7, 11) is 0. The van der Waals surface area contributed by atoms with Crippen LogP contribution < -0.4 is 4.90 Å². The van der Waals surface area contributed by atoms with Crippen molar-refractivity contribution in [3.63, 3.8) is 0 Å². The molecule has 1 aromatic heterocycles.